The predicted octanol–water partition coefficient (Wildman–Crippen LogP) is 2.08. The Morgan fingerprint density at radius 2 is 1.88 bits per heavy atom. The Labute approximate surface area is 138 Å². The van der Waals surface area contributed by atoms with Gasteiger partial charge < -0.3 is 15.5 Å². The van der Waals surface area contributed by atoms with Crippen LogP contribution in [0.3, 0.4) is 0 Å². The molecule has 0 spiro atoms. The van der Waals surface area contributed by atoms with Crippen LogP contribution >= 0.6 is 0 Å². The molecule has 2 rings (SSSR count). The number of nitrogens with zero attached hydrogens (tertiary/aromatic N) is 1. The number of nitrogens with one attached hydrogen (secondary N) is 2. The van der Waals surface area contributed by atoms with Crippen LogP contribution in [0.2, 0.25) is 0 Å². The highest BCUT2D eigenvalue weighted by molar-refractivity contribution is 5.77. The first-order chi connectivity index (χ1) is 11.3. The Kier molecular flexibility index (Phi) is 5.69. The van der Waals surface area contributed by atoms with Crippen molar-refractivity contribution in [1.29, 1.82) is 0 Å². The molecule has 2 N–H and O–H groups in total. The normalized spacial score (nSPS) is 16.2. The Bertz CT molecular complexity index is 572. The number of carbonyl (C=O) groups excluding carboxylic acids is 2. The second kappa shape index (κ2) is 7.55. The minimum absolute atomic E-state index is 0.193. The summed E-state index contributed by atoms with van der Waals surface area (Å²) in [6.45, 7) is 1.79. The molecule has 1 fully saturated rings. The van der Waals surface area contributed by atoms with Crippen LogP contribution < -0.4 is 10.6 Å². The summed E-state index contributed by atoms with van der Waals surface area (Å²) < 4.78 is 39.4. The van der Waals surface area contributed by atoms with E-state index in [9.17, 15) is 22.8 Å². The Balaban J connectivity index is 1.85. The predicted molar refractivity (Wildman–Crippen MR) is 82.3 cm³/mol. The molecule has 0 bridgehead atoms. The van der Waals surface area contributed by atoms with Gasteiger partial charge in [0.25, 0.3) is 0 Å². The number of urea groups is 1. The number of rotatable bonds is 5. The molecule has 0 aromatic heterocycles. The molecule has 1 aromatic carbocycles. The molecule has 1 aliphatic heterocycles. The first kappa shape index (κ1) is 18.1. The van der Waals surface area contributed by atoms with E-state index >= 15 is 0 Å². The smallest absolute Gasteiger partial charge is 0.350 e. The molecule has 24 heavy (non-hydrogen) atoms. The molecule has 0 saturated carbocycles. The molecule has 8 heteroatoms. The van der Waals surface area contributed by atoms with E-state index in [1.165, 1.54) is 11.8 Å². The first-order valence-electron chi connectivity index (χ1n) is 7.69. The lowest BCUT2D eigenvalue weighted by molar-refractivity contribution is -0.155. The molecule has 0 radical (unpaired) electrons. The van der Waals surface area contributed by atoms with Crippen molar-refractivity contribution >= 4 is 11.9 Å². The summed E-state index contributed by atoms with van der Waals surface area (Å²) in [6.07, 6.45) is -4.51. The molecule has 3 amide bonds. The zero-order chi connectivity index (χ0) is 17.7. The van der Waals surface area contributed by atoms with E-state index in [2.05, 4.69) is 10.6 Å². The number of halogens is 3. The maximum atomic E-state index is 13.1. The van der Waals surface area contributed by atoms with Gasteiger partial charge in [0.05, 0.1) is 6.04 Å². The van der Waals surface area contributed by atoms with Crippen LogP contribution in [0.4, 0.5) is 18.0 Å². The zero-order valence-corrected chi connectivity index (χ0v) is 13.3. The zero-order valence-electron chi connectivity index (χ0n) is 13.3. The largest absolute Gasteiger partial charge is 0.408 e. The SMILES string of the molecule is CC(=O)NC1CN(C(=O)N[C@@H](CCc2ccccc2)C(F)(F)F)C1. The van der Waals surface area contributed by atoms with Gasteiger partial charge in [0.2, 0.25) is 5.91 Å². The van der Waals surface area contributed by atoms with Gasteiger partial charge in [0, 0.05) is 20.0 Å². The fourth-order valence-corrected chi connectivity index (χ4v) is 2.54. The monoisotopic (exact) mass is 343 g/mol. The van der Waals surface area contributed by atoms with Crippen molar-refractivity contribution in [2.45, 2.75) is 38.0 Å². The van der Waals surface area contributed by atoms with Gasteiger partial charge >= 0.3 is 12.2 Å². The van der Waals surface area contributed by atoms with Crippen molar-refractivity contribution in [3.8, 4) is 0 Å². The van der Waals surface area contributed by atoms with E-state index in [-0.39, 0.29) is 37.9 Å². The molecule has 1 heterocycles. The quantitative estimate of drug-likeness (QED) is 0.860. The third-order valence-electron chi connectivity index (χ3n) is 3.83. The van der Waals surface area contributed by atoms with Crippen LogP contribution in [0.15, 0.2) is 30.3 Å². The number of aryl methyl sites for hydroxylation is 1. The van der Waals surface area contributed by atoms with Crippen LogP contribution in [-0.2, 0) is 11.2 Å². The molecule has 1 atom stereocenters. The minimum Gasteiger partial charge on any atom is -0.350 e. The number of hydrogen-bond donors (Lipinski definition) is 2. The van der Waals surface area contributed by atoms with Crippen molar-refractivity contribution in [3.05, 3.63) is 35.9 Å². The standard InChI is InChI=1S/C16H20F3N3O2/c1-11(23)20-13-9-22(10-13)15(24)21-14(16(17,18)19)8-7-12-5-3-2-4-6-12/h2-6,13-14H,7-10H2,1H3,(H,20,23)(H,21,24)/t14-/m0/s1. The van der Waals surface area contributed by atoms with E-state index in [0.717, 1.165) is 5.56 Å². The van der Waals surface area contributed by atoms with Crippen LogP contribution in [0.1, 0.15) is 18.9 Å². The Hall–Kier alpha value is -2.25. The van der Waals surface area contributed by atoms with Gasteiger partial charge in [-0.05, 0) is 18.4 Å². The van der Waals surface area contributed by atoms with Gasteiger partial charge in [-0.1, -0.05) is 30.3 Å². The van der Waals surface area contributed by atoms with Gasteiger partial charge in [-0.15, -0.1) is 0 Å². The van der Waals surface area contributed by atoms with Gasteiger partial charge in [-0.3, -0.25) is 4.79 Å². The summed E-state index contributed by atoms with van der Waals surface area (Å²) in [5.41, 5.74) is 0.788. The van der Waals surface area contributed by atoms with Crippen molar-refractivity contribution in [3.63, 3.8) is 0 Å². The minimum atomic E-state index is -4.51. The average Bonchev–Trinajstić information content (AvgIpc) is 2.46. The highest BCUT2D eigenvalue weighted by Crippen LogP contribution is 2.24. The number of benzene rings is 1. The Morgan fingerprint density at radius 3 is 2.42 bits per heavy atom. The number of likely N-dealkylation sites (tertiary alicyclic amines) is 1. The molecule has 1 aliphatic rings. The molecule has 1 aromatic rings. The lowest BCUT2D eigenvalue weighted by atomic mass is 10.0. The van der Waals surface area contributed by atoms with Crippen molar-refractivity contribution in [1.82, 2.24) is 15.5 Å². The highest BCUT2D eigenvalue weighted by atomic mass is 19.4. The fourth-order valence-electron chi connectivity index (χ4n) is 2.54. The Morgan fingerprint density at radius 1 is 1.25 bits per heavy atom. The van der Waals surface area contributed by atoms with Crippen molar-refractivity contribution < 1.29 is 22.8 Å². The number of hydrogen-bond acceptors (Lipinski definition) is 2. The highest BCUT2D eigenvalue weighted by Gasteiger charge is 2.42. The van der Waals surface area contributed by atoms with Crippen LogP contribution in [0.5, 0.6) is 0 Å². The van der Waals surface area contributed by atoms with Crippen LogP contribution in [0, 0.1) is 0 Å². The molecule has 0 unspecified atom stereocenters. The van der Waals surface area contributed by atoms with E-state index in [1.807, 2.05) is 0 Å². The maximum Gasteiger partial charge on any atom is 0.408 e. The third-order valence-corrected chi connectivity index (χ3v) is 3.83. The maximum absolute atomic E-state index is 13.1. The molecule has 1 saturated heterocycles. The summed E-state index contributed by atoms with van der Waals surface area (Å²) in [4.78, 5) is 24.1. The summed E-state index contributed by atoms with van der Waals surface area (Å²) in [5, 5.41) is 4.66. The first-order valence-corrected chi connectivity index (χ1v) is 7.69. The fraction of sp³-hybridized carbons (Fsp3) is 0.500. The average molecular weight is 343 g/mol. The van der Waals surface area contributed by atoms with Crippen LogP contribution in [0.25, 0.3) is 0 Å². The van der Waals surface area contributed by atoms with Gasteiger partial charge in [-0.2, -0.15) is 13.2 Å². The molecular weight excluding hydrogens is 323 g/mol. The van der Waals surface area contributed by atoms with Crippen molar-refractivity contribution in [2.75, 3.05) is 13.1 Å². The third kappa shape index (κ3) is 5.14. The lowest BCUT2D eigenvalue weighted by Gasteiger charge is -2.40. The van der Waals surface area contributed by atoms with E-state index in [4.69, 9.17) is 0 Å². The number of carbonyl (C=O) groups is 2. The summed E-state index contributed by atoms with van der Waals surface area (Å²) >= 11 is 0. The summed E-state index contributed by atoms with van der Waals surface area (Å²) in [7, 11) is 0. The van der Waals surface area contributed by atoms with Gasteiger partial charge in [0.1, 0.15) is 6.04 Å². The molecular formula is C16H20F3N3O2. The number of alkyl halides is 3. The van der Waals surface area contributed by atoms with Gasteiger partial charge in [0.15, 0.2) is 0 Å². The van der Waals surface area contributed by atoms with E-state index < -0.39 is 18.2 Å². The van der Waals surface area contributed by atoms with Gasteiger partial charge in [-0.25, -0.2) is 4.79 Å². The molecule has 132 valence electrons. The van der Waals surface area contributed by atoms with E-state index in [0.29, 0.717) is 0 Å². The van der Waals surface area contributed by atoms with E-state index in [1.54, 1.807) is 30.3 Å². The summed E-state index contributed by atoms with van der Waals surface area (Å²) in [6, 6.07) is 5.98. The topological polar surface area (TPSA) is 61.4 Å². The summed E-state index contributed by atoms with van der Waals surface area (Å²) in [5.74, 6) is -0.226. The second-order valence-electron chi connectivity index (χ2n) is 5.87. The molecule has 5 nitrogen and oxygen atoms in total. The molecule has 0 aliphatic carbocycles. The second-order valence-corrected chi connectivity index (χ2v) is 5.87. The number of amides is 3. The lowest BCUT2D eigenvalue weighted by Crippen LogP contribution is -2.64. The van der Waals surface area contributed by atoms with Crippen LogP contribution in [-0.4, -0.2) is 48.2 Å². The van der Waals surface area contributed by atoms with Crippen molar-refractivity contribution in [2.24, 2.45) is 0 Å².